The molecule has 2 fully saturated rings. The van der Waals surface area contributed by atoms with Crippen LogP contribution in [-0.2, 0) is 16.0 Å². The summed E-state index contributed by atoms with van der Waals surface area (Å²) in [6, 6.07) is 10.7. The molecule has 28 heavy (non-hydrogen) atoms. The smallest absolute Gasteiger partial charge is 0.243 e. The van der Waals surface area contributed by atoms with Gasteiger partial charge in [-0.2, -0.15) is 0 Å². The molecule has 2 heterocycles. The van der Waals surface area contributed by atoms with Crippen LogP contribution in [0.15, 0.2) is 35.3 Å². The number of guanidine groups is 1. The lowest BCUT2D eigenvalue weighted by atomic mass is 9.99. The third kappa shape index (κ3) is 6.23. The Bertz CT molecular complexity index is 641. The largest absolute Gasteiger partial charge is 0.376 e. The first kappa shape index (κ1) is 20.6. The molecule has 2 aliphatic heterocycles. The number of nitrogens with zero attached hydrogens (tertiary/aromatic N) is 3. The summed E-state index contributed by atoms with van der Waals surface area (Å²) in [6.07, 6.45) is 5.95. The molecule has 0 aromatic heterocycles. The molecule has 0 radical (unpaired) electrons. The van der Waals surface area contributed by atoms with Crippen molar-refractivity contribution >= 4 is 11.9 Å². The van der Waals surface area contributed by atoms with Crippen LogP contribution in [-0.4, -0.2) is 74.7 Å². The van der Waals surface area contributed by atoms with Gasteiger partial charge in [-0.05, 0) is 43.6 Å². The topological polar surface area (TPSA) is 57.2 Å². The number of nitrogens with one attached hydrogen (secondary N) is 1. The molecule has 1 N–H and O–H groups in total. The SMILES string of the molecule is CN(C)C(=O)CN=C(NCC1CCCCO1)N1CCC(Cc2ccccc2)C1. The highest BCUT2D eigenvalue weighted by atomic mass is 16.5. The summed E-state index contributed by atoms with van der Waals surface area (Å²) in [5.74, 6) is 1.48. The lowest BCUT2D eigenvalue weighted by molar-refractivity contribution is -0.127. The average molecular weight is 387 g/mol. The fourth-order valence-corrected chi connectivity index (χ4v) is 3.86. The Balaban J connectivity index is 1.58. The third-order valence-corrected chi connectivity index (χ3v) is 5.58. The summed E-state index contributed by atoms with van der Waals surface area (Å²) in [4.78, 5) is 20.6. The van der Waals surface area contributed by atoms with Crippen LogP contribution in [0.3, 0.4) is 0 Å². The Kier molecular flexibility index (Phi) is 7.71. The average Bonchev–Trinajstić information content (AvgIpc) is 3.17. The zero-order valence-electron chi connectivity index (χ0n) is 17.3. The summed E-state index contributed by atoms with van der Waals surface area (Å²) in [6.45, 7) is 3.74. The van der Waals surface area contributed by atoms with Gasteiger partial charge in [-0.1, -0.05) is 30.3 Å². The van der Waals surface area contributed by atoms with Crippen molar-refractivity contribution in [2.45, 2.75) is 38.2 Å². The fourth-order valence-electron chi connectivity index (χ4n) is 3.86. The van der Waals surface area contributed by atoms with Gasteiger partial charge in [0.1, 0.15) is 6.54 Å². The first-order valence-corrected chi connectivity index (χ1v) is 10.5. The number of hydrogen-bond acceptors (Lipinski definition) is 3. The van der Waals surface area contributed by atoms with Gasteiger partial charge in [0.05, 0.1) is 6.10 Å². The van der Waals surface area contributed by atoms with E-state index in [2.05, 4.69) is 45.5 Å². The highest BCUT2D eigenvalue weighted by molar-refractivity contribution is 5.85. The Morgan fingerprint density at radius 3 is 2.79 bits per heavy atom. The monoisotopic (exact) mass is 386 g/mol. The van der Waals surface area contributed by atoms with Crippen LogP contribution in [0.2, 0.25) is 0 Å². The van der Waals surface area contributed by atoms with E-state index < -0.39 is 0 Å². The Hall–Kier alpha value is -2.08. The number of rotatable bonds is 6. The second kappa shape index (κ2) is 10.5. The Labute approximate surface area is 168 Å². The second-order valence-electron chi connectivity index (χ2n) is 8.09. The number of amides is 1. The van der Waals surface area contributed by atoms with Crippen LogP contribution in [0.5, 0.6) is 0 Å². The molecule has 0 spiro atoms. The summed E-state index contributed by atoms with van der Waals surface area (Å²) in [5, 5.41) is 3.49. The van der Waals surface area contributed by atoms with E-state index in [1.807, 2.05) is 0 Å². The molecule has 2 unspecified atom stereocenters. The molecule has 2 aliphatic rings. The summed E-state index contributed by atoms with van der Waals surface area (Å²) >= 11 is 0. The highest BCUT2D eigenvalue weighted by Crippen LogP contribution is 2.21. The standard InChI is InChI=1S/C22H34N4O2/c1-25(2)21(27)16-24-22(23-15-20-10-6-7-13-28-20)26-12-11-19(17-26)14-18-8-4-3-5-9-18/h3-5,8-9,19-20H,6-7,10-17H2,1-2H3,(H,23,24). The van der Waals surface area contributed by atoms with Gasteiger partial charge in [-0.15, -0.1) is 0 Å². The van der Waals surface area contributed by atoms with Crippen molar-refractivity contribution in [3.8, 4) is 0 Å². The summed E-state index contributed by atoms with van der Waals surface area (Å²) < 4.78 is 5.84. The first-order chi connectivity index (χ1) is 13.6. The van der Waals surface area contributed by atoms with Crippen molar-refractivity contribution in [3.05, 3.63) is 35.9 Å². The van der Waals surface area contributed by atoms with Gasteiger partial charge in [-0.25, -0.2) is 4.99 Å². The van der Waals surface area contributed by atoms with Crippen molar-refractivity contribution < 1.29 is 9.53 Å². The van der Waals surface area contributed by atoms with E-state index in [0.29, 0.717) is 5.92 Å². The molecule has 2 saturated heterocycles. The highest BCUT2D eigenvalue weighted by Gasteiger charge is 2.26. The number of hydrogen-bond donors (Lipinski definition) is 1. The van der Waals surface area contributed by atoms with Gasteiger partial charge in [0.25, 0.3) is 0 Å². The lowest BCUT2D eigenvalue weighted by Crippen LogP contribution is -2.45. The van der Waals surface area contributed by atoms with Crippen molar-refractivity contribution in [2.24, 2.45) is 10.9 Å². The molecule has 6 nitrogen and oxygen atoms in total. The molecule has 1 aromatic carbocycles. The Morgan fingerprint density at radius 2 is 2.07 bits per heavy atom. The molecule has 6 heteroatoms. The van der Waals surface area contributed by atoms with Gasteiger partial charge in [0.15, 0.2) is 5.96 Å². The molecule has 3 rings (SSSR count). The summed E-state index contributed by atoms with van der Waals surface area (Å²) in [5.41, 5.74) is 1.39. The van der Waals surface area contributed by atoms with Crippen LogP contribution in [0.25, 0.3) is 0 Å². The van der Waals surface area contributed by atoms with E-state index in [1.165, 1.54) is 12.0 Å². The summed E-state index contributed by atoms with van der Waals surface area (Å²) in [7, 11) is 3.54. The van der Waals surface area contributed by atoms with Gasteiger partial charge in [0.2, 0.25) is 5.91 Å². The van der Waals surface area contributed by atoms with E-state index in [1.54, 1.807) is 19.0 Å². The quantitative estimate of drug-likeness (QED) is 0.601. The van der Waals surface area contributed by atoms with Gasteiger partial charge < -0.3 is 19.9 Å². The number of benzene rings is 1. The maximum atomic E-state index is 12.0. The van der Waals surface area contributed by atoms with E-state index in [4.69, 9.17) is 4.74 Å². The van der Waals surface area contributed by atoms with E-state index >= 15 is 0 Å². The van der Waals surface area contributed by atoms with Crippen molar-refractivity contribution in [2.75, 3.05) is 46.9 Å². The number of aliphatic imine (C=N–C) groups is 1. The molecule has 1 aromatic rings. The predicted octanol–water partition coefficient (Wildman–Crippen LogP) is 2.15. The molecule has 154 valence electrons. The molecule has 2 atom stereocenters. The maximum Gasteiger partial charge on any atom is 0.243 e. The molecule has 1 amide bonds. The van der Waals surface area contributed by atoms with Crippen LogP contribution in [0.1, 0.15) is 31.2 Å². The fraction of sp³-hybridized carbons (Fsp3) is 0.636. The van der Waals surface area contributed by atoms with Crippen LogP contribution in [0, 0.1) is 5.92 Å². The van der Waals surface area contributed by atoms with Crippen LogP contribution >= 0.6 is 0 Å². The zero-order chi connectivity index (χ0) is 19.8. The van der Waals surface area contributed by atoms with Crippen LogP contribution in [0.4, 0.5) is 0 Å². The molecular weight excluding hydrogens is 352 g/mol. The Morgan fingerprint density at radius 1 is 1.25 bits per heavy atom. The number of likely N-dealkylation sites (N-methyl/N-ethyl adjacent to an activating group) is 1. The van der Waals surface area contributed by atoms with E-state index in [-0.39, 0.29) is 18.6 Å². The maximum absolute atomic E-state index is 12.0. The van der Waals surface area contributed by atoms with Crippen molar-refractivity contribution in [1.82, 2.24) is 15.1 Å². The first-order valence-electron chi connectivity index (χ1n) is 10.5. The van der Waals surface area contributed by atoms with Crippen molar-refractivity contribution in [3.63, 3.8) is 0 Å². The number of carbonyl (C=O) groups excluding carboxylic acids is 1. The van der Waals surface area contributed by atoms with Gasteiger partial charge >= 0.3 is 0 Å². The number of likely N-dealkylation sites (tertiary alicyclic amines) is 1. The van der Waals surface area contributed by atoms with Crippen molar-refractivity contribution in [1.29, 1.82) is 0 Å². The predicted molar refractivity (Wildman–Crippen MR) is 112 cm³/mol. The minimum absolute atomic E-state index is 0.0215. The van der Waals surface area contributed by atoms with E-state index in [9.17, 15) is 4.79 Å². The normalized spacial score (nSPS) is 22.9. The lowest BCUT2D eigenvalue weighted by Gasteiger charge is -2.27. The van der Waals surface area contributed by atoms with Crippen LogP contribution < -0.4 is 5.32 Å². The minimum atomic E-state index is 0.0215. The molecule has 0 bridgehead atoms. The zero-order valence-corrected chi connectivity index (χ0v) is 17.3. The third-order valence-electron chi connectivity index (χ3n) is 5.58. The second-order valence-corrected chi connectivity index (χ2v) is 8.09. The van der Waals surface area contributed by atoms with Gasteiger partial charge in [0, 0.05) is 40.3 Å². The molecule has 0 saturated carbocycles. The molecular formula is C22H34N4O2. The molecule has 0 aliphatic carbocycles. The number of carbonyl (C=O) groups is 1. The minimum Gasteiger partial charge on any atom is -0.376 e. The number of ether oxygens (including phenoxy) is 1. The van der Waals surface area contributed by atoms with Gasteiger partial charge in [-0.3, -0.25) is 4.79 Å². The van der Waals surface area contributed by atoms with E-state index in [0.717, 1.165) is 57.9 Å².